The third-order valence-electron chi connectivity index (χ3n) is 4.43. The zero-order valence-electron chi connectivity index (χ0n) is 15.0. The summed E-state index contributed by atoms with van der Waals surface area (Å²) in [6.45, 7) is 3.76. The van der Waals surface area contributed by atoms with E-state index in [2.05, 4.69) is 9.88 Å². The Labute approximate surface area is 175 Å². The summed E-state index contributed by atoms with van der Waals surface area (Å²) >= 11 is 6.33. The number of carbonyl (C=O) groups excluding carboxylic acids is 1. The largest absolute Gasteiger partial charge is 0.492 e. The van der Waals surface area contributed by atoms with Gasteiger partial charge in [0.25, 0.3) is 5.91 Å². The van der Waals surface area contributed by atoms with Crippen LogP contribution < -0.4 is 10.5 Å². The molecule has 0 atom stereocenters. The molecule has 27 heavy (non-hydrogen) atoms. The van der Waals surface area contributed by atoms with Crippen molar-refractivity contribution in [1.82, 2.24) is 14.8 Å². The second-order valence-electron chi connectivity index (χ2n) is 6.20. The fourth-order valence-corrected chi connectivity index (χ4v) is 3.22. The molecule has 0 unspecified atom stereocenters. The van der Waals surface area contributed by atoms with Gasteiger partial charge in [0.05, 0.1) is 10.5 Å². The first-order valence-corrected chi connectivity index (χ1v) is 8.63. The summed E-state index contributed by atoms with van der Waals surface area (Å²) < 4.78 is 5.82. The molecule has 1 fully saturated rings. The Morgan fingerprint density at radius 2 is 2.00 bits per heavy atom. The van der Waals surface area contributed by atoms with Gasteiger partial charge in [-0.1, -0.05) is 11.6 Å². The molecule has 0 radical (unpaired) electrons. The van der Waals surface area contributed by atoms with Crippen molar-refractivity contribution >= 4 is 59.2 Å². The summed E-state index contributed by atoms with van der Waals surface area (Å²) in [5, 5.41) is 8.60. The Bertz CT molecular complexity index is 805. The van der Waals surface area contributed by atoms with Crippen molar-refractivity contribution in [1.29, 1.82) is 5.41 Å². The summed E-state index contributed by atoms with van der Waals surface area (Å²) in [6.07, 6.45) is 2.51. The second kappa shape index (κ2) is 10.0. The molecular weight excluding hydrogens is 413 g/mol. The number of H-pyrrole nitrogens is 1. The van der Waals surface area contributed by atoms with E-state index < -0.39 is 5.91 Å². The lowest BCUT2D eigenvalue weighted by Crippen LogP contribution is -2.38. The van der Waals surface area contributed by atoms with Crippen LogP contribution in [-0.4, -0.2) is 59.9 Å². The highest BCUT2D eigenvalue weighted by Crippen LogP contribution is 2.30. The van der Waals surface area contributed by atoms with Gasteiger partial charge in [0.15, 0.2) is 5.96 Å². The number of guanidine groups is 1. The molecule has 0 aliphatic carbocycles. The maximum atomic E-state index is 12.3. The van der Waals surface area contributed by atoms with E-state index in [1.165, 1.54) is 19.9 Å². The monoisotopic (exact) mass is 435 g/mol. The summed E-state index contributed by atoms with van der Waals surface area (Å²) in [5.41, 5.74) is 6.39. The standard InChI is InChI=1S/C17H22ClN5O2.2ClH/c1-22(17(19)20)16(24)15-10-12-13(18)8-11(9-14(12)21-15)25-7-6-23-4-2-3-5-23;;/h8-10,21H,2-7H2,1H3,(H3,19,20);2*1H. The normalized spacial score (nSPS) is 13.7. The van der Waals surface area contributed by atoms with Gasteiger partial charge >= 0.3 is 0 Å². The Morgan fingerprint density at radius 3 is 2.63 bits per heavy atom. The molecule has 4 N–H and O–H groups in total. The van der Waals surface area contributed by atoms with E-state index >= 15 is 0 Å². The Morgan fingerprint density at radius 1 is 1.33 bits per heavy atom. The number of aromatic nitrogens is 1. The molecule has 1 saturated heterocycles. The van der Waals surface area contributed by atoms with E-state index in [9.17, 15) is 4.79 Å². The lowest BCUT2D eigenvalue weighted by Gasteiger charge is -2.15. The van der Waals surface area contributed by atoms with Crippen LogP contribution in [0.15, 0.2) is 18.2 Å². The maximum absolute atomic E-state index is 12.3. The molecule has 0 bridgehead atoms. The van der Waals surface area contributed by atoms with Gasteiger partial charge in [0, 0.05) is 25.0 Å². The van der Waals surface area contributed by atoms with Gasteiger partial charge in [-0.25, -0.2) is 0 Å². The van der Waals surface area contributed by atoms with Gasteiger partial charge in [-0.2, -0.15) is 0 Å². The van der Waals surface area contributed by atoms with Crippen LogP contribution in [0.2, 0.25) is 5.02 Å². The molecule has 0 spiro atoms. The molecule has 7 nitrogen and oxygen atoms in total. The minimum Gasteiger partial charge on any atom is -0.492 e. The van der Waals surface area contributed by atoms with E-state index in [1.54, 1.807) is 12.1 Å². The number of nitrogens with two attached hydrogens (primary N) is 1. The lowest BCUT2D eigenvalue weighted by atomic mass is 10.2. The van der Waals surface area contributed by atoms with Crippen LogP contribution in [0, 0.1) is 5.41 Å². The van der Waals surface area contributed by atoms with E-state index in [-0.39, 0.29) is 30.8 Å². The zero-order valence-corrected chi connectivity index (χ0v) is 17.3. The number of aromatic amines is 1. The predicted octanol–water partition coefficient (Wildman–Crippen LogP) is 3.10. The van der Waals surface area contributed by atoms with Crippen LogP contribution >= 0.6 is 36.4 Å². The molecule has 3 rings (SSSR count). The van der Waals surface area contributed by atoms with Crippen LogP contribution in [-0.2, 0) is 0 Å². The molecule has 10 heteroatoms. The number of amides is 1. The van der Waals surface area contributed by atoms with Gasteiger partial charge < -0.3 is 15.5 Å². The van der Waals surface area contributed by atoms with Crippen LogP contribution in [0.4, 0.5) is 0 Å². The number of ether oxygens (including phenoxy) is 1. The SMILES string of the molecule is CN(C(=N)N)C(=O)c1cc2c(Cl)cc(OCCN3CCCC3)cc2[nH]1.Cl.Cl. The molecule has 1 amide bonds. The number of benzene rings is 1. The van der Waals surface area contributed by atoms with E-state index in [4.69, 9.17) is 27.5 Å². The van der Waals surface area contributed by atoms with Gasteiger partial charge in [-0.05, 0) is 38.1 Å². The first-order chi connectivity index (χ1) is 12.0. The summed E-state index contributed by atoms with van der Waals surface area (Å²) in [5.74, 6) is -0.0468. The number of halogens is 3. The number of rotatable bonds is 5. The maximum Gasteiger partial charge on any atom is 0.276 e. The topological polar surface area (TPSA) is 98.4 Å². The van der Waals surface area contributed by atoms with Crippen LogP contribution in [0.3, 0.4) is 0 Å². The average molecular weight is 437 g/mol. The number of nitrogens with one attached hydrogen (secondary N) is 2. The Balaban J connectivity index is 0.00000182. The van der Waals surface area contributed by atoms with E-state index in [1.807, 2.05) is 6.07 Å². The number of hydrogen-bond donors (Lipinski definition) is 3. The lowest BCUT2D eigenvalue weighted by molar-refractivity contribution is 0.0864. The fraction of sp³-hybridized carbons (Fsp3) is 0.412. The molecule has 1 aliphatic heterocycles. The number of fused-ring (bicyclic) bond motifs is 1. The van der Waals surface area contributed by atoms with Crippen molar-refractivity contribution in [2.45, 2.75) is 12.8 Å². The van der Waals surface area contributed by atoms with Crippen molar-refractivity contribution in [2.75, 3.05) is 33.3 Å². The van der Waals surface area contributed by atoms with Gasteiger partial charge in [-0.15, -0.1) is 24.8 Å². The van der Waals surface area contributed by atoms with Gasteiger partial charge in [-0.3, -0.25) is 20.0 Å². The minimum absolute atomic E-state index is 0. The van der Waals surface area contributed by atoms with Crippen molar-refractivity contribution < 1.29 is 9.53 Å². The Hall–Kier alpha value is -1.67. The second-order valence-corrected chi connectivity index (χ2v) is 6.60. The summed E-state index contributed by atoms with van der Waals surface area (Å²) in [7, 11) is 1.45. The quantitative estimate of drug-likeness (QED) is 0.495. The highest BCUT2D eigenvalue weighted by molar-refractivity contribution is 6.35. The predicted molar refractivity (Wildman–Crippen MR) is 113 cm³/mol. The number of carbonyl (C=O) groups is 1. The van der Waals surface area contributed by atoms with Crippen LogP contribution in [0.1, 0.15) is 23.3 Å². The summed E-state index contributed by atoms with van der Waals surface area (Å²) in [4.78, 5) is 18.7. The number of nitrogens with zero attached hydrogens (tertiary/aromatic N) is 2. The molecule has 2 aromatic rings. The van der Waals surface area contributed by atoms with Crippen molar-refractivity contribution in [2.24, 2.45) is 5.73 Å². The molecular formula is C17H24Cl3N5O2. The fourth-order valence-electron chi connectivity index (χ4n) is 2.96. The third kappa shape index (κ3) is 5.42. The highest BCUT2D eigenvalue weighted by Gasteiger charge is 2.18. The Kier molecular flexibility index (Phi) is 8.68. The van der Waals surface area contributed by atoms with Crippen molar-refractivity contribution in [3.8, 4) is 5.75 Å². The average Bonchev–Trinajstić information content (AvgIpc) is 3.23. The molecule has 150 valence electrons. The van der Waals surface area contributed by atoms with Crippen LogP contribution in [0.5, 0.6) is 5.75 Å². The highest BCUT2D eigenvalue weighted by atomic mass is 35.5. The molecule has 0 saturated carbocycles. The van der Waals surface area contributed by atoms with Crippen molar-refractivity contribution in [3.63, 3.8) is 0 Å². The first kappa shape index (κ1) is 23.4. The van der Waals surface area contributed by atoms with E-state index in [0.717, 1.165) is 29.9 Å². The van der Waals surface area contributed by atoms with Gasteiger partial charge in [0.2, 0.25) is 0 Å². The van der Waals surface area contributed by atoms with Crippen LogP contribution in [0.25, 0.3) is 10.9 Å². The summed E-state index contributed by atoms with van der Waals surface area (Å²) in [6, 6.07) is 5.24. The first-order valence-electron chi connectivity index (χ1n) is 8.25. The minimum atomic E-state index is -0.392. The molecule has 1 aliphatic rings. The van der Waals surface area contributed by atoms with Gasteiger partial charge in [0.1, 0.15) is 18.1 Å². The molecule has 2 heterocycles. The van der Waals surface area contributed by atoms with Crippen molar-refractivity contribution in [3.05, 3.63) is 28.9 Å². The number of likely N-dealkylation sites (tertiary alicyclic amines) is 1. The molecule has 1 aromatic carbocycles. The third-order valence-corrected chi connectivity index (χ3v) is 4.75. The number of hydrogen-bond acceptors (Lipinski definition) is 4. The molecule has 1 aromatic heterocycles. The smallest absolute Gasteiger partial charge is 0.276 e. The zero-order chi connectivity index (χ0) is 18.0. The van der Waals surface area contributed by atoms with E-state index in [0.29, 0.717) is 28.6 Å².